The summed E-state index contributed by atoms with van der Waals surface area (Å²) in [6.07, 6.45) is 0. The van der Waals surface area contributed by atoms with E-state index >= 15 is 0 Å². The minimum Gasteiger partial charge on any atom is -0.339 e. The third-order valence-electron chi connectivity index (χ3n) is 2.80. The molecule has 0 heterocycles. The standard InChI is InChI=1S/C13H18BrFN2O3S/c1-4-17(7-8(2)3)13(18)10-5-9(14)6-11(12(10)15)21(16,19)20/h5-6,8H,4,7H2,1-3H3,(H2,16,19,20). The number of benzene rings is 1. The molecule has 0 spiro atoms. The van der Waals surface area contributed by atoms with E-state index in [1.165, 1.54) is 11.0 Å². The number of carbonyl (C=O) groups is 1. The van der Waals surface area contributed by atoms with Crippen molar-refractivity contribution in [2.24, 2.45) is 11.1 Å². The van der Waals surface area contributed by atoms with Crippen LogP contribution in [0.2, 0.25) is 0 Å². The molecule has 0 bridgehead atoms. The number of halogens is 2. The van der Waals surface area contributed by atoms with Crippen LogP contribution in [0.15, 0.2) is 21.5 Å². The zero-order valence-electron chi connectivity index (χ0n) is 12.1. The monoisotopic (exact) mass is 380 g/mol. The van der Waals surface area contributed by atoms with Crippen molar-refractivity contribution in [3.05, 3.63) is 28.0 Å². The summed E-state index contributed by atoms with van der Waals surface area (Å²) in [5.41, 5.74) is -0.309. The van der Waals surface area contributed by atoms with Crippen LogP contribution >= 0.6 is 15.9 Å². The van der Waals surface area contributed by atoms with Crippen molar-refractivity contribution in [3.8, 4) is 0 Å². The molecule has 1 amide bonds. The van der Waals surface area contributed by atoms with Crippen LogP contribution in [0.1, 0.15) is 31.1 Å². The van der Waals surface area contributed by atoms with Gasteiger partial charge < -0.3 is 4.90 Å². The number of primary sulfonamides is 1. The molecule has 0 unspecified atom stereocenters. The molecule has 0 saturated carbocycles. The Morgan fingerprint density at radius 1 is 1.43 bits per heavy atom. The van der Waals surface area contributed by atoms with Gasteiger partial charge in [0.1, 0.15) is 4.90 Å². The summed E-state index contributed by atoms with van der Waals surface area (Å²) < 4.78 is 37.4. The van der Waals surface area contributed by atoms with Crippen LogP contribution in [0.3, 0.4) is 0 Å². The van der Waals surface area contributed by atoms with Crippen LogP contribution in [0.5, 0.6) is 0 Å². The Morgan fingerprint density at radius 3 is 2.43 bits per heavy atom. The molecule has 0 atom stereocenters. The van der Waals surface area contributed by atoms with E-state index < -0.39 is 26.6 Å². The average Bonchev–Trinajstić information content (AvgIpc) is 2.36. The third kappa shape index (κ3) is 4.49. The highest BCUT2D eigenvalue weighted by Gasteiger charge is 2.25. The summed E-state index contributed by atoms with van der Waals surface area (Å²) >= 11 is 3.07. The van der Waals surface area contributed by atoms with Crippen LogP contribution in [0, 0.1) is 11.7 Å². The van der Waals surface area contributed by atoms with E-state index in [4.69, 9.17) is 5.14 Å². The molecule has 0 aliphatic heterocycles. The molecule has 1 rings (SSSR count). The van der Waals surface area contributed by atoms with Gasteiger partial charge in [0.05, 0.1) is 5.56 Å². The molecule has 1 aromatic rings. The molecule has 0 aromatic heterocycles. The SMILES string of the molecule is CCN(CC(C)C)C(=O)c1cc(Br)cc(S(N)(=O)=O)c1F. The predicted octanol–water partition coefficient (Wildman–Crippen LogP) is 2.35. The van der Waals surface area contributed by atoms with Crippen LogP contribution in [0.25, 0.3) is 0 Å². The molecular weight excluding hydrogens is 363 g/mol. The maximum atomic E-state index is 14.3. The first kappa shape index (κ1) is 18.1. The summed E-state index contributed by atoms with van der Waals surface area (Å²) in [6, 6.07) is 2.30. The number of nitrogens with zero attached hydrogens (tertiary/aromatic N) is 1. The van der Waals surface area contributed by atoms with Crippen LogP contribution < -0.4 is 5.14 Å². The minimum absolute atomic E-state index is 0.210. The molecule has 5 nitrogen and oxygen atoms in total. The van der Waals surface area contributed by atoms with Gasteiger partial charge in [-0.2, -0.15) is 0 Å². The molecule has 0 fully saturated rings. The van der Waals surface area contributed by atoms with Crippen molar-refractivity contribution < 1.29 is 17.6 Å². The predicted molar refractivity (Wildman–Crippen MR) is 81.9 cm³/mol. The summed E-state index contributed by atoms with van der Waals surface area (Å²) in [4.78, 5) is 13.2. The summed E-state index contributed by atoms with van der Waals surface area (Å²) in [7, 11) is -4.24. The molecule has 8 heteroatoms. The third-order valence-corrected chi connectivity index (χ3v) is 4.16. The Bertz CT molecular complexity index is 647. The van der Waals surface area contributed by atoms with Gasteiger partial charge in [0.15, 0.2) is 5.82 Å². The van der Waals surface area contributed by atoms with Crippen LogP contribution in [0.4, 0.5) is 4.39 Å². The zero-order chi connectivity index (χ0) is 16.4. The Morgan fingerprint density at radius 2 is 2.00 bits per heavy atom. The first-order valence-corrected chi connectivity index (χ1v) is 8.73. The zero-order valence-corrected chi connectivity index (χ0v) is 14.5. The fourth-order valence-electron chi connectivity index (χ4n) is 1.89. The molecule has 118 valence electrons. The van der Waals surface area contributed by atoms with Crippen molar-refractivity contribution in [2.75, 3.05) is 13.1 Å². The number of carbonyl (C=O) groups excluding carboxylic acids is 1. The van der Waals surface area contributed by atoms with E-state index in [-0.39, 0.29) is 16.0 Å². The highest BCUT2D eigenvalue weighted by Crippen LogP contribution is 2.24. The van der Waals surface area contributed by atoms with Gasteiger partial charge in [-0.15, -0.1) is 0 Å². The number of hydrogen-bond donors (Lipinski definition) is 1. The Labute approximate surface area is 132 Å². The summed E-state index contributed by atoms with van der Waals surface area (Å²) in [5, 5.41) is 4.97. The van der Waals surface area contributed by atoms with E-state index in [2.05, 4.69) is 15.9 Å². The first-order valence-electron chi connectivity index (χ1n) is 6.39. The van der Waals surface area contributed by atoms with Crippen molar-refractivity contribution in [1.82, 2.24) is 4.90 Å². The minimum atomic E-state index is -4.24. The van der Waals surface area contributed by atoms with Crippen LogP contribution in [-0.2, 0) is 10.0 Å². The number of sulfonamides is 1. The molecule has 1 aromatic carbocycles. The molecule has 0 radical (unpaired) electrons. The average molecular weight is 381 g/mol. The Kier molecular flexibility index (Phi) is 5.89. The van der Waals surface area contributed by atoms with Crippen LogP contribution in [-0.4, -0.2) is 32.3 Å². The van der Waals surface area contributed by atoms with Gasteiger partial charge in [0.2, 0.25) is 10.0 Å². The Balaban J connectivity index is 3.36. The van der Waals surface area contributed by atoms with Gasteiger partial charge >= 0.3 is 0 Å². The van der Waals surface area contributed by atoms with Gasteiger partial charge in [-0.05, 0) is 25.0 Å². The smallest absolute Gasteiger partial charge is 0.256 e. The van der Waals surface area contributed by atoms with Crippen molar-refractivity contribution >= 4 is 31.9 Å². The maximum Gasteiger partial charge on any atom is 0.256 e. The topological polar surface area (TPSA) is 80.5 Å². The second-order valence-corrected chi connectivity index (χ2v) is 7.49. The lowest BCUT2D eigenvalue weighted by Crippen LogP contribution is -2.35. The molecule has 0 aliphatic carbocycles. The molecule has 21 heavy (non-hydrogen) atoms. The second-order valence-electron chi connectivity index (χ2n) is 5.05. The van der Waals surface area contributed by atoms with Gasteiger partial charge in [0, 0.05) is 17.6 Å². The van der Waals surface area contributed by atoms with E-state index in [1.54, 1.807) is 6.92 Å². The normalized spacial score (nSPS) is 11.8. The second kappa shape index (κ2) is 6.85. The maximum absolute atomic E-state index is 14.3. The van der Waals surface area contributed by atoms with Gasteiger partial charge in [-0.1, -0.05) is 29.8 Å². The summed E-state index contributed by atoms with van der Waals surface area (Å²) in [6.45, 7) is 6.49. The molecule has 0 aliphatic rings. The van der Waals surface area contributed by atoms with E-state index in [0.29, 0.717) is 13.1 Å². The van der Waals surface area contributed by atoms with E-state index in [9.17, 15) is 17.6 Å². The number of rotatable bonds is 5. The van der Waals surface area contributed by atoms with E-state index in [1.807, 2.05) is 13.8 Å². The first-order chi connectivity index (χ1) is 9.57. The lowest BCUT2D eigenvalue weighted by molar-refractivity contribution is 0.0740. The highest BCUT2D eigenvalue weighted by molar-refractivity contribution is 9.10. The summed E-state index contributed by atoms with van der Waals surface area (Å²) in [5.74, 6) is -1.47. The largest absolute Gasteiger partial charge is 0.339 e. The van der Waals surface area contributed by atoms with Crippen molar-refractivity contribution in [1.29, 1.82) is 0 Å². The Hall–Kier alpha value is -0.990. The van der Waals surface area contributed by atoms with Crippen molar-refractivity contribution in [3.63, 3.8) is 0 Å². The lowest BCUT2D eigenvalue weighted by Gasteiger charge is -2.23. The number of hydrogen-bond acceptors (Lipinski definition) is 3. The van der Waals surface area contributed by atoms with Crippen molar-refractivity contribution in [2.45, 2.75) is 25.7 Å². The fraction of sp³-hybridized carbons (Fsp3) is 0.462. The molecule has 0 saturated heterocycles. The van der Waals surface area contributed by atoms with Gasteiger partial charge in [0.25, 0.3) is 5.91 Å². The quantitative estimate of drug-likeness (QED) is 0.850. The number of amides is 1. The van der Waals surface area contributed by atoms with Gasteiger partial charge in [-0.3, -0.25) is 4.79 Å². The highest BCUT2D eigenvalue weighted by atomic mass is 79.9. The van der Waals surface area contributed by atoms with Gasteiger partial charge in [-0.25, -0.2) is 17.9 Å². The molecular formula is C13H18BrFN2O3S. The lowest BCUT2D eigenvalue weighted by atomic mass is 10.1. The fourth-order valence-corrected chi connectivity index (χ4v) is 3.15. The number of nitrogens with two attached hydrogens (primary N) is 1. The molecule has 2 N–H and O–H groups in total. The van der Waals surface area contributed by atoms with E-state index in [0.717, 1.165) is 6.07 Å².